The van der Waals surface area contributed by atoms with Gasteiger partial charge in [0.05, 0.1) is 18.8 Å². The monoisotopic (exact) mass is 404 g/mol. The van der Waals surface area contributed by atoms with Crippen molar-refractivity contribution in [3.8, 4) is 11.5 Å². The Morgan fingerprint density at radius 1 is 0.900 bits per heavy atom. The SMILES string of the molecule is CCNC(=NCc1cccc(OCc2ccccn2)c1)NCCOc1ccccc1. The van der Waals surface area contributed by atoms with Crippen LogP contribution in [0, 0.1) is 0 Å². The molecule has 30 heavy (non-hydrogen) atoms. The van der Waals surface area contributed by atoms with Gasteiger partial charge >= 0.3 is 0 Å². The fourth-order valence-corrected chi connectivity index (χ4v) is 2.74. The second-order valence-corrected chi connectivity index (χ2v) is 6.54. The lowest BCUT2D eigenvalue weighted by atomic mass is 10.2. The third-order valence-corrected chi connectivity index (χ3v) is 4.18. The van der Waals surface area contributed by atoms with Crippen LogP contribution in [0.1, 0.15) is 18.2 Å². The van der Waals surface area contributed by atoms with Crippen LogP contribution in [0.15, 0.2) is 84.0 Å². The van der Waals surface area contributed by atoms with Gasteiger partial charge in [-0.05, 0) is 48.9 Å². The van der Waals surface area contributed by atoms with Gasteiger partial charge in [-0.3, -0.25) is 4.98 Å². The number of rotatable bonds is 10. The van der Waals surface area contributed by atoms with Gasteiger partial charge < -0.3 is 20.1 Å². The Morgan fingerprint density at radius 3 is 2.53 bits per heavy atom. The maximum Gasteiger partial charge on any atom is 0.191 e. The van der Waals surface area contributed by atoms with Gasteiger partial charge in [0.25, 0.3) is 0 Å². The number of ether oxygens (including phenoxy) is 2. The summed E-state index contributed by atoms with van der Waals surface area (Å²) in [6.07, 6.45) is 1.77. The summed E-state index contributed by atoms with van der Waals surface area (Å²) in [5.74, 6) is 2.43. The molecule has 156 valence electrons. The molecule has 2 aromatic carbocycles. The third kappa shape index (κ3) is 7.47. The van der Waals surface area contributed by atoms with E-state index in [2.05, 4.69) is 20.6 Å². The lowest BCUT2D eigenvalue weighted by molar-refractivity contribution is 0.301. The highest BCUT2D eigenvalue weighted by molar-refractivity contribution is 5.79. The normalized spacial score (nSPS) is 11.0. The smallest absolute Gasteiger partial charge is 0.191 e. The molecule has 2 N–H and O–H groups in total. The summed E-state index contributed by atoms with van der Waals surface area (Å²) in [6.45, 7) is 5.05. The summed E-state index contributed by atoms with van der Waals surface area (Å²) in [7, 11) is 0. The van der Waals surface area contributed by atoms with Crippen LogP contribution in [0.3, 0.4) is 0 Å². The molecule has 0 amide bonds. The second-order valence-electron chi connectivity index (χ2n) is 6.54. The van der Waals surface area contributed by atoms with Crippen molar-refractivity contribution in [3.63, 3.8) is 0 Å². The predicted molar refractivity (Wildman–Crippen MR) is 120 cm³/mol. The predicted octanol–water partition coefficient (Wildman–Crippen LogP) is 3.79. The number of nitrogens with zero attached hydrogens (tertiary/aromatic N) is 2. The molecule has 1 aromatic heterocycles. The zero-order valence-corrected chi connectivity index (χ0v) is 17.3. The summed E-state index contributed by atoms with van der Waals surface area (Å²) in [5.41, 5.74) is 1.98. The van der Waals surface area contributed by atoms with Crippen molar-refractivity contribution >= 4 is 5.96 Å². The van der Waals surface area contributed by atoms with E-state index in [1.807, 2.05) is 79.7 Å². The van der Waals surface area contributed by atoms with Crippen LogP contribution in [0.25, 0.3) is 0 Å². The van der Waals surface area contributed by atoms with Gasteiger partial charge in [-0.15, -0.1) is 0 Å². The van der Waals surface area contributed by atoms with Gasteiger partial charge in [-0.2, -0.15) is 0 Å². The van der Waals surface area contributed by atoms with Crippen LogP contribution >= 0.6 is 0 Å². The Kier molecular flexibility index (Phi) is 8.55. The Balaban J connectivity index is 1.48. The molecule has 3 rings (SSSR count). The molecule has 0 saturated carbocycles. The molecular weight excluding hydrogens is 376 g/mol. The van der Waals surface area contributed by atoms with E-state index < -0.39 is 0 Å². The number of guanidine groups is 1. The summed E-state index contributed by atoms with van der Waals surface area (Å²) in [4.78, 5) is 8.94. The van der Waals surface area contributed by atoms with E-state index in [9.17, 15) is 0 Å². The highest BCUT2D eigenvalue weighted by Gasteiger charge is 2.01. The first-order valence-electron chi connectivity index (χ1n) is 10.1. The van der Waals surface area contributed by atoms with Crippen molar-refractivity contribution < 1.29 is 9.47 Å². The zero-order chi connectivity index (χ0) is 20.9. The number of nitrogens with one attached hydrogen (secondary N) is 2. The third-order valence-electron chi connectivity index (χ3n) is 4.18. The summed E-state index contributed by atoms with van der Waals surface area (Å²) >= 11 is 0. The van der Waals surface area contributed by atoms with E-state index in [1.54, 1.807) is 6.20 Å². The molecule has 0 atom stereocenters. The number of aromatic nitrogens is 1. The lowest BCUT2D eigenvalue weighted by Crippen LogP contribution is -2.39. The topological polar surface area (TPSA) is 67.8 Å². The first-order chi connectivity index (χ1) is 14.8. The maximum atomic E-state index is 5.85. The highest BCUT2D eigenvalue weighted by Crippen LogP contribution is 2.15. The van der Waals surface area contributed by atoms with Crippen molar-refractivity contribution in [1.82, 2.24) is 15.6 Å². The van der Waals surface area contributed by atoms with E-state index in [1.165, 1.54) is 0 Å². The Bertz CT molecular complexity index is 901. The lowest BCUT2D eigenvalue weighted by Gasteiger charge is -2.12. The molecule has 0 aliphatic rings. The molecule has 0 bridgehead atoms. The molecular formula is C24H28N4O2. The summed E-state index contributed by atoms with van der Waals surface area (Å²) in [5, 5.41) is 6.55. The minimum Gasteiger partial charge on any atom is -0.492 e. The fraction of sp³-hybridized carbons (Fsp3) is 0.250. The molecule has 0 aliphatic heterocycles. The van der Waals surface area contributed by atoms with Crippen molar-refractivity contribution in [2.75, 3.05) is 19.7 Å². The van der Waals surface area contributed by atoms with Crippen LogP contribution in [0.5, 0.6) is 11.5 Å². The van der Waals surface area contributed by atoms with E-state index in [-0.39, 0.29) is 0 Å². The number of benzene rings is 2. The van der Waals surface area contributed by atoms with E-state index in [4.69, 9.17) is 9.47 Å². The minimum absolute atomic E-state index is 0.444. The standard InChI is InChI=1S/C24H28N4O2/c1-2-25-24(27-15-16-29-22-11-4-3-5-12-22)28-18-20-9-8-13-23(17-20)30-19-21-10-6-7-14-26-21/h3-14,17H,2,15-16,18-19H2,1H3,(H2,25,27,28). The van der Waals surface area contributed by atoms with Gasteiger partial charge in [0, 0.05) is 12.7 Å². The largest absolute Gasteiger partial charge is 0.492 e. The van der Waals surface area contributed by atoms with Gasteiger partial charge in [0.2, 0.25) is 0 Å². The van der Waals surface area contributed by atoms with Crippen LogP contribution in [0.4, 0.5) is 0 Å². The average molecular weight is 405 g/mol. The first kappa shape index (κ1) is 21.2. The first-order valence-corrected chi connectivity index (χ1v) is 10.1. The molecule has 6 nitrogen and oxygen atoms in total. The molecule has 0 aliphatic carbocycles. The van der Waals surface area contributed by atoms with Crippen LogP contribution in [-0.2, 0) is 13.2 Å². The van der Waals surface area contributed by atoms with E-state index >= 15 is 0 Å². The van der Waals surface area contributed by atoms with Crippen molar-refractivity contribution in [3.05, 3.63) is 90.3 Å². The summed E-state index contributed by atoms with van der Waals surface area (Å²) in [6, 6.07) is 23.6. The van der Waals surface area contributed by atoms with Crippen LogP contribution < -0.4 is 20.1 Å². The minimum atomic E-state index is 0.444. The molecule has 0 spiro atoms. The van der Waals surface area contributed by atoms with E-state index in [0.29, 0.717) is 26.3 Å². The molecule has 0 fully saturated rings. The number of pyridine rings is 1. The number of aliphatic imine (C=N–C) groups is 1. The second kappa shape index (κ2) is 12.1. The fourth-order valence-electron chi connectivity index (χ4n) is 2.74. The highest BCUT2D eigenvalue weighted by atomic mass is 16.5. The van der Waals surface area contributed by atoms with Gasteiger partial charge in [0.1, 0.15) is 24.7 Å². The number of para-hydroxylation sites is 1. The Labute approximate surface area is 178 Å². The van der Waals surface area contributed by atoms with Gasteiger partial charge in [-0.1, -0.05) is 36.4 Å². The zero-order valence-electron chi connectivity index (χ0n) is 17.3. The van der Waals surface area contributed by atoms with Crippen LogP contribution in [0.2, 0.25) is 0 Å². The Morgan fingerprint density at radius 2 is 1.73 bits per heavy atom. The van der Waals surface area contributed by atoms with Crippen molar-refractivity contribution in [1.29, 1.82) is 0 Å². The quantitative estimate of drug-likeness (QED) is 0.306. The molecule has 0 radical (unpaired) electrons. The van der Waals surface area contributed by atoms with Crippen LogP contribution in [-0.4, -0.2) is 30.6 Å². The van der Waals surface area contributed by atoms with E-state index in [0.717, 1.165) is 35.3 Å². The molecule has 6 heteroatoms. The number of hydrogen-bond donors (Lipinski definition) is 2. The van der Waals surface area contributed by atoms with Gasteiger partial charge in [0.15, 0.2) is 5.96 Å². The molecule has 0 saturated heterocycles. The Hall–Kier alpha value is -3.54. The maximum absolute atomic E-state index is 5.85. The summed E-state index contributed by atoms with van der Waals surface area (Å²) < 4.78 is 11.6. The number of hydrogen-bond acceptors (Lipinski definition) is 4. The van der Waals surface area contributed by atoms with Gasteiger partial charge in [-0.25, -0.2) is 4.99 Å². The average Bonchev–Trinajstić information content (AvgIpc) is 2.80. The molecule has 3 aromatic rings. The molecule has 1 heterocycles. The van der Waals surface area contributed by atoms with Crippen molar-refractivity contribution in [2.45, 2.75) is 20.1 Å². The molecule has 0 unspecified atom stereocenters. The van der Waals surface area contributed by atoms with Crippen molar-refractivity contribution in [2.24, 2.45) is 4.99 Å².